The third-order valence-corrected chi connectivity index (χ3v) is 8.95. The van der Waals surface area contributed by atoms with Crippen LogP contribution in [0, 0.1) is 0 Å². The van der Waals surface area contributed by atoms with Gasteiger partial charge >= 0.3 is 6.09 Å². The van der Waals surface area contributed by atoms with Crippen LogP contribution in [0.4, 0.5) is 4.79 Å². The van der Waals surface area contributed by atoms with Gasteiger partial charge in [-0.3, -0.25) is 0 Å². The average molecular weight is 382 g/mol. The van der Waals surface area contributed by atoms with E-state index in [0.717, 1.165) is 11.3 Å². The Labute approximate surface area is 159 Å². The van der Waals surface area contributed by atoms with Crippen LogP contribution < -0.4 is 4.43 Å². The Bertz CT molecular complexity index is 600. The number of aliphatic hydroxyl groups excluding tert-OH is 1. The molecular weight excluding hydrogens is 346 g/mol. The highest BCUT2D eigenvalue weighted by Crippen LogP contribution is 2.37. The molecule has 0 aromatic heterocycles. The van der Waals surface area contributed by atoms with Crippen LogP contribution in [-0.2, 0) is 4.74 Å². The summed E-state index contributed by atoms with van der Waals surface area (Å²) in [5.74, 6) is 0.813. The van der Waals surface area contributed by atoms with Crippen molar-refractivity contribution in [3.63, 3.8) is 0 Å². The van der Waals surface area contributed by atoms with E-state index in [0.29, 0.717) is 0 Å². The Morgan fingerprint density at radius 2 is 1.62 bits per heavy atom. The molecule has 0 saturated carbocycles. The number of amides is 1. The van der Waals surface area contributed by atoms with Crippen molar-refractivity contribution in [3.8, 4) is 5.75 Å². The van der Waals surface area contributed by atoms with Crippen molar-refractivity contribution in [1.29, 1.82) is 0 Å². The topological polar surface area (TPSA) is 59.0 Å². The molecule has 6 heteroatoms. The molecular formula is C20H35NO4Si. The fourth-order valence-corrected chi connectivity index (χ4v) is 3.02. The first-order chi connectivity index (χ1) is 11.6. The molecule has 0 aliphatic rings. The summed E-state index contributed by atoms with van der Waals surface area (Å²) < 4.78 is 11.6. The molecule has 1 unspecified atom stereocenters. The summed E-state index contributed by atoms with van der Waals surface area (Å²) >= 11 is 0. The van der Waals surface area contributed by atoms with Crippen molar-refractivity contribution >= 4 is 14.4 Å². The van der Waals surface area contributed by atoms with Gasteiger partial charge in [0.2, 0.25) is 8.32 Å². The minimum atomic E-state index is -1.89. The van der Waals surface area contributed by atoms with E-state index in [1.54, 1.807) is 7.05 Å². The number of carbonyl (C=O) groups is 1. The second kappa shape index (κ2) is 8.01. The summed E-state index contributed by atoms with van der Waals surface area (Å²) in [5.41, 5.74) is 0.182. The zero-order valence-corrected chi connectivity index (χ0v) is 18.7. The van der Waals surface area contributed by atoms with E-state index < -0.39 is 26.1 Å². The highest BCUT2D eigenvalue weighted by atomic mass is 28.4. The molecule has 0 aliphatic carbocycles. The van der Waals surface area contributed by atoms with Gasteiger partial charge in [0.1, 0.15) is 11.4 Å². The number of rotatable bonds is 5. The molecule has 1 rings (SSSR count). The van der Waals surface area contributed by atoms with Crippen molar-refractivity contribution in [2.75, 3.05) is 13.6 Å². The van der Waals surface area contributed by atoms with Gasteiger partial charge in [0.05, 0.1) is 12.6 Å². The molecule has 1 atom stereocenters. The minimum absolute atomic E-state index is 0.126. The molecule has 0 fully saturated rings. The standard InChI is InChI=1S/C20H35NO4Si/c1-19(2,3)24-18(23)21(7)14-17(22)15-10-12-16(13-11-15)25-26(8,9)20(4,5)6/h10-13,17,22H,14H2,1-9H3. The third-order valence-electron chi connectivity index (χ3n) is 4.60. The predicted octanol–water partition coefficient (Wildman–Crippen LogP) is 4.97. The zero-order chi connectivity index (χ0) is 20.3. The van der Waals surface area contributed by atoms with Crippen molar-refractivity contribution in [3.05, 3.63) is 29.8 Å². The first kappa shape index (κ1) is 22.5. The van der Waals surface area contributed by atoms with Gasteiger partial charge in [-0.25, -0.2) is 4.79 Å². The molecule has 0 radical (unpaired) electrons. The number of ether oxygens (including phenoxy) is 1. The predicted molar refractivity (Wildman–Crippen MR) is 108 cm³/mol. The van der Waals surface area contributed by atoms with E-state index in [1.165, 1.54) is 4.90 Å². The number of likely N-dealkylation sites (N-methyl/N-ethyl adjacent to an activating group) is 1. The first-order valence-electron chi connectivity index (χ1n) is 9.03. The van der Waals surface area contributed by atoms with Crippen LogP contribution in [0.15, 0.2) is 24.3 Å². The first-order valence-corrected chi connectivity index (χ1v) is 11.9. The van der Waals surface area contributed by atoms with E-state index >= 15 is 0 Å². The Hall–Kier alpha value is -1.53. The monoisotopic (exact) mass is 381 g/mol. The molecule has 0 aliphatic heterocycles. The van der Waals surface area contributed by atoms with Crippen LogP contribution in [0.25, 0.3) is 0 Å². The molecule has 1 aromatic rings. The van der Waals surface area contributed by atoms with Crippen molar-refractivity contribution in [2.45, 2.75) is 71.4 Å². The van der Waals surface area contributed by atoms with Gasteiger partial charge in [0.25, 0.3) is 0 Å². The quantitative estimate of drug-likeness (QED) is 0.732. The lowest BCUT2D eigenvalue weighted by Gasteiger charge is -2.36. The summed E-state index contributed by atoms with van der Waals surface area (Å²) in [6.07, 6.45) is -1.23. The Morgan fingerprint density at radius 3 is 2.04 bits per heavy atom. The molecule has 1 aromatic carbocycles. The van der Waals surface area contributed by atoms with Crippen LogP contribution in [-0.4, -0.2) is 43.6 Å². The number of nitrogens with zero attached hydrogens (tertiary/aromatic N) is 1. The normalized spacial score (nSPS) is 13.9. The van der Waals surface area contributed by atoms with E-state index in [2.05, 4.69) is 33.9 Å². The van der Waals surface area contributed by atoms with E-state index in [-0.39, 0.29) is 11.6 Å². The third kappa shape index (κ3) is 6.65. The SMILES string of the molecule is CN(CC(O)c1ccc(O[Si](C)(C)C(C)(C)C)cc1)C(=O)OC(C)(C)C. The van der Waals surface area contributed by atoms with Gasteiger partial charge in [-0.1, -0.05) is 32.9 Å². The Morgan fingerprint density at radius 1 is 1.12 bits per heavy atom. The highest BCUT2D eigenvalue weighted by Gasteiger charge is 2.38. The second-order valence-corrected chi connectivity index (χ2v) is 14.0. The molecule has 0 saturated heterocycles. The van der Waals surface area contributed by atoms with Crippen molar-refractivity contribution < 1.29 is 19.1 Å². The molecule has 0 heterocycles. The number of benzene rings is 1. The molecule has 1 amide bonds. The lowest BCUT2D eigenvalue weighted by atomic mass is 10.1. The van der Waals surface area contributed by atoms with Crippen LogP contribution in [0.1, 0.15) is 53.2 Å². The van der Waals surface area contributed by atoms with Gasteiger partial charge in [-0.2, -0.15) is 0 Å². The molecule has 1 N–H and O–H groups in total. The molecule has 148 valence electrons. The van der Waals surface area contributed by atoms with Gasteiger partial charge in [-0.15, -0.1) is 0 Å². The van der Waals surface area contributed by atoms with E-state index in [9.17, 15) is 9.90 Å². The Kier molecular flexibility index (Phi) is 6.93. The minimum Gasteiger partial charge on any atom is -0.544 e. The maximum Gasteiger partial charge on any atom is 0.410 e. The highest BCUT2D eigenvalue weighted by molar-refractivity contribution is 6.74. The largest absolute Gasteiger partial charge is 0.544 e. The van der Waals surface area contributed by atoms with Gasteiger partial charge in [0.15, 0.2) is 0 Å². The maximum atomic E-state index is 12.0. The molecule has 26 heavy (non-hydrogen) atoms. The summed E-state index contributed by atoms with van der Waals surface area (Å²) in [6, 6.07) is 7.45. The lowest BCUT2D eigenvalue weighted by Crippen LogP contribution is -2.43. The molecule has 0 bridgehead atoms. The van der Waals surface area contributed by atoms with Crippen LogP contribution in [0.5, 0.6) is 5.75 Å². The van der Waals surface area contributed by atoms with Gasteiger partial charge in [-0.05, 0) is 56.6 Å². The lowest BCUT2D eigenvalue weighted by molar-refractivity contribution is 0.0205. The van der Waals surface area contributed by atoms with Crippen LogP contribution in [0.2, 0.25) is 18.1 Å². The fourth-order valence-electron chi connectivity index (χ4n) is 1.98. The van der Waals surface area contributed by atoms with Crippen molar-refractivity contribution in [1.82, 2.24) is 4.90 Å². The summed E-state index contributed by atoms with van der Waals surface area (Å²) in [5, 5.41) is 10.5. The molecule has 5 nitrogen and oxygen atoms in total. The number of aliphatic hydroxyl groups is 1. The summed E-state index contributed by atoms with van der Waals surface area (Å²) in [6.45, 7) is 16.6. The van der Waals surface area contributed by atoms with Gasteiger partial charge in [0, 0.05) is 7.05 Å². The summed E-state index contributed by atoms with van der Waals surface area (Å²) in [4.78, 5) is 13.4. The Balaban J connectivity index is 2.72. The average Bonchev–Trinajstić information content (AvgIpc) is 2.44. The fraction of sp³-hybridized carbons (Fsp3) is 0.650. The van der Waals surface area contributed by atoms with E-state index in [4.69, 9.17) is 9.16 Å². The van der Waals surface area contributed by atoms with E-state index in [1.807, 2.05) is 45.0 Å². The van der Waals surface area contributed by atoms with Crippen molar-refractivity contribution in [2.24, 2.45) is 0 Å². The maximum absolute atomic E-state index is 12.0. The van der Waals surface area contributed by atoms with Crippen LogP contribution >= 0.6 is 0 Å². The second-order valence-electron chi connectivity index (χ2n) is 9.31. The van der Waals surface area contributed by atoms with Crippen LogP contribution in [0.3, 0.4) is 0 Å². The zero-order valence-electron chi connectivity index (χ0n) is 17.7. The number of carbonyl (C=O) groups excluding carboxylic acids is 1. The number of hydrogen-bond acceptors (Lipinski definition) is 4. The number of hydrogen-bond donors (Lipinski definition) is 1. The smallest absolute Gasteiger partial charge is 0.410 e. The summed E-state index contributed by atoms with van der Waals surface area (Å²) in [7, 11) is -0.269. The molecule has 0 spiro atoms. The van der Waals surface area contributed by atoms with Gasteiger partial charge < -0.3 is 19.2 Å².